The molecule has 0 saturated heterocycles. The summed E-state index contributed by atoms with van der Waals surface area (Å²) in [7, 11) is 0. The van der Waals surface area contributed by atoms with Gasteiger partial charge in [0.25, 0.3) is 0 Å². The van der Waals surface area contributed by atoms with Crippen molar-refractivity contribution in [2.75, 3.05) is 0 Å². The fraction of sp³-hybridized carbons (Fsp3) is 0.500. The van der Waals surface area contributed by atoms with Crippen molar-refractivity contribution in [3.63, 3.8) is 0 Å². The number of hydrogen-bond acceptors (Lipinski definition) is 1. The Hall–Kier alpha value is -0.920. The average molecular weight is 167 g/mol. The predicted octanol–water partition coefficient (Wildman–Crippen LogP) is 2.83. The van der Waals surface area contributed by atoms with Gasteiger partial charge in [0.15, 0.2) is 0 Å². The van der Waals surface area contributed by atoms with Gasteiger partial charge in [-0.2, -0.15) is 0 Å². The average Bonchev–Trinajstić information content (AvgIpc) is 1.82. The summed E-state index contributed by atoms with van der Waals surface area (Å²) in [5, 5.41) is 0. The Morgan fingerprint density at radius 3 is 2.25 bits per heavy atom. The Kier molecular flexibility index (Phi) is 2.18. The van der Waals surface area contributed by atoms with E-state index in [-0.39, 0.29) is 11.2 Å². The zero-order valence-corrected chi connectivity index (χ0v) is 7.98. The standard InChI is InChI=1S/C10H14FN/c1-7-5-8(11)6-9(12-7)10(2,3)4/h5-6H,1-4H3. The van der Waals surface area contributed by atoms with E-state index in [1.54, 1.807) is 6.92 Å². The molecule has 0 unspecified atom stereocenters. The molecule has 0 N–H and O–H groups in total. The third kappa shape index (κ3) is 2.03. The molecule has 0 bridgehead atoms. The highest BCUT2D eigenvalue weighted by molar-refractivity contribution is 5.18. The SMILES string of the molecule is Cc1cc(F)cc(C(C)(C)C)n1. The van der Waals surface area contributed by atoms with E-state index < -0.39 is 0 Å². The maximum absolute atomic E-state index is 12.9. The van der Waals surface area contributed by atoms with E-state index in [4.69, 9.17) is 0 Å². The van der Waals surface area contributed by atoms with Gasteiger partial charge in [-0.05, 0) is 19.1 Å². The molecule has 0 aliphatic rings. The third-order valence-corrected chi connectivity index (χ3v) is 1.69. The van der Waals surface area contributed by atoms with Gasteiger partial charge < -0.3 is 0 Å². The highest BCUT2D eigenvalue weighted by atomic mass is 19.1. The summed E-state index contributed by atoms with van der Waals surface area (Å²) in [5.74, 6) is -0.201. The molecule has 1 aromatic heterocycles. The van der Waals surface area contributed by atoms with Crippen LogP contribution in [0.4, 0.5) is 4.39 Å². The van der Waals surface area contributed by atoms with Gasteiger partial charge in [-0.3, -0.25) is 4.98 Å². The summed E-state index contributed by atoms with van der Waals surface area (Å²) in [5.41, 5.74) is 1.47. The Labute approximate surface area is 72.6 Å². The molecule has 1 heterocycles. The Balaban J connectivity index is 3.18. The van der Waals surface area contributed by atoms with Crippen LogP contribution < -0.4 is 0 Å². The van der Waals surface area contributed by atoms with Crippen LogP contribution in [0.3, 0.4) is 0 Å². The van der Waals surface area contributed by atoms with Crippen LogP contribution >= 0.6 is 0 Å². The van der Waals surface area contributed by atoms with E-state index in [1.807, 2.05) is 20.8 Å². The van der Waals surface area contributed by atoms with Crippen molar-refractivity contribution in [3.8, 4) is 0 Å². The summed E-state index contributed by atoms with van der Waals surface area (Å²) < 4.78 is 12.9. The van der Waals surface area contributed by atoms with E-state index in [0.29, 0.717) is 0 Å². The number of aromatic nitrogens is 1. The lowest BCUT2D eigenvalue weighted by Gasteiger charge is -2.17. The number of pyridine rings is 1. The highest BCUT2D eigenvalue weighted by Crippen LogP contribution is 2.20. The van der Waals surface area contributed by atoms with E-state index in [9.17, 15) is 4.39 Å². The molecule has 0 aliphatic heterocycles. The van der Waals surface area contributed by atoms with Crippen LogP contribution in [0.25, 0.3) is 0 Å². The smallest absolute Gasteiger partial charge is 0.126 e. The molecular formula is C10H14FN. The van der Waals surface area contributed by atoms with E-state index in [0.717, 1.165) is 11.4 Å². The van der Waals surface area contributed by atoms with Crippen molar-refractivity contribution in [2.24, 2.45) is 0 Å². The van der Waals surface area contributed by atoms with Crippen LogP contribution in [0.15, 0.2) is 12.1 Å². The fourth-order valence-corrected chi connectivity index (χ4v) is 1.01. The first kappa shape index (κ1) is 9.17. The fourth-order valence-electron chi connectivity index (χ4n) is 1.01. The van der Waals surface area contributed by atoms with Crippen LogP contribution in [-0.4, -0.2) is 4.98 Å². The summed E-state index contributed by atoms with van der Waals surface area (Å²) in [6.07, 6.45) is 0. The second-order valence-corrected chi connectivity index (χ2v) is 4.06. The minimum Gasteiger partial charge on any atom is -0.257 e. The molecule has 0 aromatic carbocycles. The van der Waals surface area contributed by atoms with Crippen molar-refractivity contribution in [1.29, 1.82) is 0 Å². The number of nitrogens with zero attached hydrogens (tertiary/aromatic N) is 1. The molecular weight excluding hydrogens is 153 g/mol. The van der Waals surface area contributed by atoms with Crippen molar-refractivity contribution >= 4 is 0 Å². The predicted molar refractivity (Wildman–Crippen MR) is 47.6 cm³/mol. The first-order valence-corrected chi connectivity index (χ1v) is 4.04. The van der Waals surface area contributed by atoms with Crippen molar-refractivity contribution < 1.29 is 4.39 Å². The molecule has 12 heavy (non-hydrogen) atoms. The van der Waals surface area contributed by atoms with E-state index in [2.05, 4.69) is 4.98 Å². The topological polar surface area (TPSA) is 12.9 Å². The first-order valence-electron chi connectivity index (χ1n) is 4.04. The Morgan fingerprint density at radius 1 is 1.25 bits per heavy atom. The zero-order chi connectivity index (χ0) is 9.35. The van der Waals surface area contributed by atoms with Gasteiger partial charge in [-0.25, -0.2) is 4.39 Å². The van der Waals surface area contributed by atoms with Crippen LogP contribution in [0.5, 0.6) is 0 Å². The number of aryl methyl sites for hydroxylation is 1. The molecule has 1 aromatic rings. The van der Waals surface area contributed by atoms with Crippen LogP contribution in [0.2, 0.25) is 0 Å². The lowest BCUT2D eigenvalue weighted by molar-refractivity contribution is 0.549. The second-order valence-electron chi connectivity index (χ2n) is 4.06. The van der Waals surface area contributed by atoms with Crippen LogP contribution in [0, 0.1) is 12.7 Å². The lowest BCUT2D eigenvalue weighted by Crippen LogP contribution is -2.14. The minimum absolute atomic E-state index is 0.0765. The number of hydrogen-bond donors (Lipinski definition) is 0. The zero-order valence-electron chi connectivity index (χ0n) is 7.98. The molecule has 1 rings (SSSR count). The molecule has 0 radical (unpaired) electrons. The molecule has 66 valence electrons. The molecule has 0 saturated carbocycles. The summed E-state index contributed by atoms with van der Waals surface area (Å²) in [6.45, 7) is 7.87. The van der Waals surface area contributed by atoms with Crippen molar-refractivity contribution in [1.82, 2.24) is 4.98 Å². The summed E-state index contributed by atoms with van der Waals surface area (Å²) in [6, 6.07) is 2.93. The number of rotatable bonds is 0. The lowest BCUT2D eigenvalue weighted by atomic mass is 9.91. The molecule has 1 nitrogen and oxygen atoms in total. The molecule has 0 amide bonds. The van der Waals surface area contributed by atoms with Crippen molar-refractivity contribution in [2.45, 2.75) is 33.1 Å². The maximum Gasteiger partial charge on any atom is 0.126 e. The van der Waals surface area contributed by atoms with Gasteiger partial charge in [0.05, 0.1) is 0 Å². The highest BCUT2D eigenvalue weighted by Gasteiger charge is 2.16. The van der Waals surface area contributed by atoms with Crippen molar-refractivity contribution in [3.05, 3.63) is 29.3 Å². The van der Waals surface area contributed by atoms with Gasteiger partial charge in [0, 0.05) is 16.8 Å². The quantitative estimate of drug-likeness (QED) is 0.579. The van der Waals surface area contributed by atoms with Gasteiger partial charge >= 0.3 is 0 Å². The van der Waals surface area contributed by atoms with E-state index in [1.165, 1.54) is 12.1 Å². The van der Waals surface area contributed by atoms with Gasteiger partial charge in [0.1, 0.15) is 5.82 Å². The monoisotopic (exact) mass is 167 g/mol. The normalized spacial score (nSPS) is 11.8. The molecule has 0 fully saturated rings. The second kappa shape index (κ2) is 2.85. The van der Waals surface area contributed by atoms with Gasteiger partial charge in [-0.1, -0.05) is 20.8 Å². The molecule has 0 atom stereocenters. The van der Waals surface area contributed by atoms with Gasteiger partial charge in [0.2, 0.25) is 0 Å². The first-order chi connectivity index (χ1) is 5.39. The van der Waals surface area contributed by atoms with Crippen LogP contribution in [-0.2, 0) is 5.41 Å². The largest absolute Gasteiger partial charge is 0.257 e. The minimum atomic E-state index is -0.201. The molecule has 2 heteroatoms. The summed E-state index contributed by atoms with van der Waals surface area (Å²) >= 11 is 0. The van der Waals surface area contributed by atoms with Gasteiger partial charge in [-0.15, -0.1) is 0 Å². The molecule has 0 aliphatic carbocycles. The molecule has 0 spiro atoms. The number of halogens is 1. The third-order valence-electron chi connectivity index (χ3n) is 1.69. The van der Waals surface area contributed by atoms with E-state index >= 15 is 0 Å². The Bertz CT molecular complexity index is 266. The van der Waals surface area contributed by atoms with Crippen LogP contribution in [0.1, 0.15) is 32.2 Å². The Morgan fingerprint density at radius 2 is 1.83 bits per heavy atom. The maximum atomic E-state index is 12.9. The summed E-state index contributed by atoms with van der Waals surface area (Å²) in [4.78, 5) is 4.27.